The summed E-state index contributed by atoms with van der Waals surface area (Å²) in [6.07, 6.45) is 0.670. The topological polar surface area (TPSA) is 64.2 Å². The molecule has 1 N–H and O–H groups in total. The predicted molar refractivity (Wildman–Crippen MR) is 86.1 cm³/mol. The summed E-state index contributed by atoms with van der Waals surface area (Å²) in [7, 11) is 0. The zero-order chi connectivity index (χ0) is 15.0. The van der Waals surface area contributed by atoms with E-state index in [-0.39, 0.29) is 5.56 Å². The highest BCUT2D eigenvalue weighted by atomic mass is 79.9. The molecule has 2 heterocycles. The second-order valence-corrected chi connectivity index (χ2v) is 6.16. The van der Waals surface area contributed by atoms with Crippen LogP contribution in [0.4, 0.5) is 0 Å². The Labute approximate surface area is 138 Å². The summed E-state index contributed by atoms with van der Waals surface area (Å²) in [5.74, 6) is 1.84. The van der Waals surface area contributed by atoms with Gasteiger partial charge in [-0.15, -0.1) is 0 Å². The van der Waals surface area contributed by atoms with Gasteiger partial charge in [0.1, 0.15) is 23.5 Å². The Balaban J connectivity index is 2.15. The first-order chi connectivity index (χ1) is 10.1. The third-order valence-electron chi connectivity index (χ3n) is 3.14. The van der Waals surface area contributed by atoms with Gasteiger partial charge in [0.25, 0.3) is 5.56 Å². The van der Waals surface area contributed by atoms with E-state index in [9.17, 15) is 4.79 Å². The zero-order valence-electron chi connectivity index (χ0n) is 11.2. The Morgan fingerprint density at radius 3 is 2.81 bits per heavy atom. The first kappa shape index (κ1) is 14.6. The molecule has 0 spiro atoms. The minimum Gasteiger partial charge on any atom is -0.486 e. The summed E-state index contributed by atoms with van der Waals surface area (Å²) in [5.41, 5.74) is 1.30. The minimum atomic E-state index is -0.192. The molecule has 1 aliphatic heterocycles. The molecule has 1 aliphatic rings. The van der Waals surface area contributed by atoms with E-state index in [2.05, 4.69) is 41.8 Å². The Morgan fingerprint density at radius 1 is 1.29 bits per heavy atom. The first-order valence-electron chi connectivity index (χ1n) is 6.48. The molecule has 0 saturated carbocycles. The molecular formula is C14H12Br2N2O3. The van der Waals surface area contributed by atoms with Gasteiger partial charge in [0.05, 0.1) is 10.2 Å². The van der Waals surface area contributed by atoms with Crippen molar-refractivity contribution in [3.63, 3.8) is 0 Å². The van der Waals surface area contributed by atoms with E-state index in [0.717, 1.165) is 15.7 Å². The number of aromatic amines is 1. The van der Waals surface area contributed by atoms with Gasteiger partial charge in [-0.25, -0.2) is 4.98 Å². The van der Waals surface area contributed by atoms with Crippen LogP contribution in [0.5, 0.6) is 11.5 Å². The number of nitrogens with zero attached hydrogens (tertiary/aromatic N) is 1. The molecule has 1 aromatic carbocycles. The summed E-state index contributed by atoms with van der Waals surface area (Å²) >= 11 is 6.73. The molecule has 110 valence electrons. The third kappa shape index (κ3) is 2.72. The number of hydrogen-bond acceptors (Lipinski definition) is 4. The van der Waals surface area contributed by atoms with Crippen LogP contribution in [0.15, 0.2) is 25.9 Å². The summed E-state index contributed by atoms with van der Waals surface area (Å²) in [4.78, 5) is 19.2. The second-order valence-electron chi connectivity index (χ2n) is 4.51. The number of hydrogen-bond donors (Lipinski definition) is 1. The van der Waals surface area contributed by atoms with Crippen molar-refractivity contribution in [3.8, 4) is 22.9 Å². The number of H-pyrrole nitrogens is 1. The number of fused-ring (bicyclic) bond motifs is 1. The van der Waals surface area contributed by atoms with Crippen molar-refractivity contribution in [3.05, 3.63) is 37.1 Å². The van der Waals surface area contributed by atoms with Gasteiger partial charge < -0.3 is 14.5 Å². The molecule has 0 radical (unpaired) electrons. The molecule has 0 amide bonds. The van der Waals surface area contributed by atoms with E-state index in [0.29, 0.717) is 41.4 Å². The molecule has 21 heavy (non-hydrogen) atoms. The molecule has 5 nitrogen and oxygen atoms in total. The molecular weight excluding hydrogens is 404 g/mol. The monoisotopic (exact) mass is 414 g/mol. The average Bonchev–Trinajstić information content (AvgIpc) is 2.50. The zero-order valence-corrected chi connectivity index (χ0v) is 14.4. The quantitative estimate of drug-likeness (QED) is 0.817. The molecule has 0 aliphatic carbocycles. The molecule has 0 bridgehead atoms. The summed E-state index contributed by atoms with van der Waals surface area (Å²) in [6.45, 7) is 2.99. The number of ether oxygens (including phenoxy) is 2. The lowest BCUT2D eigenvalue weighted by Gasteiger charge is -2.20. The molecule has 1 aromatic heterocycles. The molecule has 0 unspecified atom stereocenters. The van der Waals surface area contributed by atoms with Crippen LogP contribution in [0.3, 0.4) is 0 Å². The summed E-state index contributed by atoms with van der Waals surface area (Å²) < 4.78 is 12.4. The van der Waals surface area contributed by atoms with E-state index in [1.807, 2.05) is 19.1 Å². The number of aryl methyl sites for hydroxylation is 1. The van der Waals surface area contributed by atoms with Gasteiger partial charge in [-0.1, -0.05) is 6.92 Å². The van der Waals surface area contributed by atoms with Crippen LogP contribution in [0.1, 0.15) is 12.6 Å². The third-order valence-corrected chi connectivity index (χ3v) is 4.54. The van der Waals surface area contributed by atoms with Gasteiger partial charge >= 0.3 is 0 Å². The first-order valence-corrected chi connectivity index (χ1v) is 8.07. The highest BCUT2D eigenvalue weighted by Gasteiger charge is 2.18. The van der Waals surface area contributed by atoms with Crippen molar-refractivity contribution in [1.82, 2.24) is 9.97 Å². The fraction of sp³-hybridized carbons (Fsp3) is 0.286. The highest BCUT2D eigenvalue weighted by molar-refractivity contribution is 9.10. The van der Waals surface area contributed by atoms with Gasteiger partial charge in [-0.05, 0) is 50.4 Å². The number of aromatic nitrogens is 2. The fourth-order valence-corrected chi connectivity index (χ4v) is 3.15. The SMILES string of the molecule is CCc1nc(-c2cc(Br)c3c(c2)OCCO3)[nH]c(=O)c1Br. The van der Waals surface area contributed by atoms with Gasteiger partial charge in [-0.3, -0.25) is 4.79 Å². The van der Waals surface area contributed by atoms with Crippen LogP contribution in [-0.4, -0.2) is 23.2 Å². The normalized spacial score (nSPS) is 13.3. The fourth-order valence-electron chi connectivity index (χ4n) is 2.12. The van der Waals surface area contributed by atoms with Crippen molar-refractivity contribution in [2.75, 3.05) is 13.2 Å². The molecule has 7 heteroatoms. The molecule has 2 aromatic rings. The van der Waals surface area contributed by atoms with Crippen LogP contribution in [0, 0.1) is 0 Å². The lowest BCUT2D eigenvalue weighted by Crippen LogP contribution is -2.16. The molecule has 0 fully saturated rings. The molecule has 3 rings (SSSR count). The predicted octanol–water partition coefficient (Wildman–Crippen LogP) is 3.30. The van der Waals surface area contributed by atoms with E-state index < -0.39 is 0 Å². The van der Waals surface area contributed by atoms with Crippen LogP contribution in [0.2, 0.25) is 0 Å². The number of halogens is 2. The Kier molecular flexibility index (Phi) is 4.03. The lowest BCUT2D eigenvalue weighted by atomic mass is 10.1. The standard InChI is InChI=1S/C14H12Br2N2O3/c1-2-9-11(16)14(19)18-13(17-9)7-5-8(15)12-10(6-7)20-3-4-21-12/h5-6H,2-4H2,1H3,(H,17,18,19). The van der Waals surface area contributed by atoms with E-state index in [4.69, 9.17) is 9.47 Å². The van der Waals surface area contributed by atoms with Gasteiger partial charge in [0.2, 0.25) is 0 Å². The summed E-state index contributed by atoms with van der Waals surface area (Å²) in [5, 5.41) is 0. The van der Waals surface area contributed by atoms with E-state index in [1.54, 1.807) is 0 Å². The number of rotatable bonds is 2. The highest BCUT2D eigenvalue weighted by Crippen LogP contribution is 2.40. The summed E-state index contributed by atoms with van der Waals surface area (Å²) in [6, 6.07) is 3.68. The van der Waals surface area contributed by atoms with Gasteiger partial charge in [0.15, 0.2) is 11.5 Å². The van der Waals surface area contributed by atoms with E-state index in [1.165, 1.54) is 0 Å². The maximum Gasteiger partial charge on any atom is 0.265 e. The van der Waals surface area contributed by atoms with Crippen molar-refractivity contribution >= 4 is 31.9 Å². The number of benzene rings is 1. The van der Waals surface area contributed by atoms with Crippen LogP contribution in [-0.2, 0) is 6.42 Å². The van der Waals surface area contributed by atoms with Crippen LogP contribution < -0.4 is 15.0 Å². The van der Waals surface area contributed by atoms with Crippen molar-refractivity contribution in [2.24, 2.45) is 0 Å². The second kappa shape index (κ2) is 5.81. The van der Waals surface area contributed by atoms with Crippen LogP contribution >= 0.6 is 31.9 Å². The van der Waals surface area contributed by atoms with Crippen molar-refractivity contribution in [2.45, 2.75) is 13.3 Å². The lowest BCUT2D eigenvalue weighted by molar-refractivity contribution is 0.170. The Morgan fingerprint density at radius 2 is 2.05 bits per heavy atom. The molecule has 0 atom stereocenters. The Hall–Kier alpha value is -1.34. The number of nitrogens with one attached hydrogen (secondary N) is 1. The van der Waals surface area contributed by atoms with Gasteiger partial charge in [0, 0.05) is 5.56 Å². The maximum atomic E-state index is 12.0. The molecule has 0 saturated heterocycles. The van der Waals surface area contributed by atoms with Gasteiger partial charge in [-0.2, -0.15) is 0 Å². The van der Waals surface area contributed by atoms with E-state index >= 15 is 0 Å². The van der Waals surface area contributed by atoms with Crippen LogP contribution in [0.25, 0.3) is 11.4 Å². The maximum absolute atomic E-state index is 12.0. The Bertz CT molecular complexity index is 759. The minimum absolute atomic E-state index is 0.192. The largest absolute Gasteiger partial charge is 0.486 e. The van der Waals surface area contributed by atoms with Crippen molar-refractivity contribution in [1.29, 1.82) is 0 Å². The van der Waals surface area contributed by atoms with Crippen molar-refractivity contribution < 1.29 is 9.47 Å². The average molecular weight is 416 g/mol. The smallest absolute Gasteiger partial charge is 0.265 e.